The standard InChI is InChI=1S/C12H19ClN4/c13-11-10(14)12(17-8-16-11)15-7-3-6-9-4-1-2-5-9/h8-9H,1-7,14H2,(H,15,16,17). The molecule has 0 saturated heterocycles. The third kappa shape index (κ3) is 3.46. The minimum atomic E-state index is 0.318. The van der Waals surface area contributed by atoms with Crippen LogP contribution < -0.4 is 11.1 Å². The lowest BCUT2D eigenvalue weighted by Gasteiger charge is -2.10. The van der Waals surface area contributed by atoms with Crippen LogP contribution in [0, 0.1) is 5.92 Å². The van der Waals surface area contributed by atoms with Crippen molar-refractivity contribution in [2.75, 3.05) is 17.6 Å². The van der Waals surface area contributed by atoms with Crippen molar-refractivity contribution in [2.24, 2.45) is 5.92 Å². The van der Waals surface area contributed by atoms with Crippen molar-refractivity contribution in [2.45, 2.75) is 38.5 Å². The Morgan fingerprint density at radius 2 is 2.12 bits per heavy atom. The number of nitrogens with one attached hydrogen (secondary N) is 1. The third-order valence-electron chi connectivity index (χ3n) is 3.39. The summed E-state index contributed by atoms with van der Waals surface area (Å²) in [6, 6.07) is 0. The van der Waals surface area contributed by atoms with Crippen molar-refractivity contribution in [3.8, 4) is 0 Å². The summed E-state index contributed by atoms with van der Waals surface area (Å²) >= 11 is 5.81. The van der Waals surface area contributed by atoms with Crippen LogP contribution in [0.1, 0.15) is 38.5 Å². The molecular weight excluding hydrogens is 236 g/mol. The van der Waals surface area contributed by atoms with E-state index in [0.717, 1.165) is 18.9 Å². The van der Waals surface area contributed by atoms with Crippen molar-refractivity contribution in [1.82, 2.24) is 9.97 Å². The first-order valence-corrected chi connectivity index (χ1v) is 6.65. The summed E-state index contributed by atoms with van der Waals surface area (Å²) in [4.78, 5) is 7.90. The Kier molecular flexibility index (Phi) is 4.42. The number of halogens is 1. The predicted molar refractivity (Wildman–Crippen MR) is 71.1 cm³/mol. The van der Waals surface area contributed by atoms with Crippen molar-refractivity contribution >= 4 is 23.1 Å². The molecule has 0 radical (unpaired) electrons. The molecule has 0 unspecified atom stereocenters. The lowest BCUT2D eigenvalue weighted by Crippen LogP contribution is -2.08. The average molecular weight is 255 g/mol. The molecule has 1 fully saturated rings. The molecule has 94 valence electrons. The second-order valence-electron chi connectivity index (χ2n) is 4.65. The van der Waals surface area contributed by atoms with Gasteiger partial charge in [-0.15, -0.1) is 0 Å². The molecule has 1 aromatic rings. The number of nitrogens with two attached hydrogens (primary N) is 1. The highest BCUT2D eigenvalue weighted by atomic mass is 35.5. The second-order valence-corrected chi connectivity index (χ2v) is 5.00. The van der Waals surface area contributed by atoms with Gasteiger partial charge >= 0.3 is 0 Å². The van der Waals surface area contributed by atoms with Gasteiger partial charge in [-0.05, 0) is 18.8 Å². The van der Waals surface area contributed by atoms with Gasteiger partial charge in [0.05, 0.1) is 0 Å². The van der Waals surface area contributed by atoms with Crippen LogP contribution in [-0.4, -0.2) is 16.5 Å². The number of nitrogens with zero attached hydrogens (tertiary/aromatic N) is 2. The molecule has 5 heteroatoms. The van der Waals surface area contributed by atoms with Crippen LogP contribution in [0.4, 0.5) is 11.5 Å². The van der Waals surface area contributed by atoms with E-state index < -0.39 is 0 Å². The molecule has 0 bridgehead atoms. The van der Waals surface area contributed by atoms with Crippen molar-refractivity contribution in [3.05, 3.63) is 11.5 Å². The third-order valence-corrected chi connectivity index (χ3v) is 3.69. The van der Waals surface area contributed by atoms with Crippen LogP contribution in [0.15, 0.2) is 6.33 Å². The fraction of sp³-hybridized carbons (Fsp3) is 0.667. The zero-order chi connectivity index (χ0) is 12.1. The van der Waals surface area contributed by atoms with Crippen LogP contribution in [0.3, 0.4) is 0 Å². The highest BCUT2D eigenvalue weighted by molar-refractivity contribution is 6.32. The molecule has 1 aliphatic carbocycles. The van der Waals surface area contributed by atoms with Crippen LogP contribution in [0.2, 0.25) is 5.15 Å². The maximum absolute atomic E-state index is 5.81. The van der Waals surface area contributed by atoms with E-state index in [9.17, 15) is 0 Å². The van der Waals surface area contributed by atoms with Gasteiger partial charge in [0.1, 0.15) is 12.0 Å². The maximum Gasteiger partial charge on any atom is 0.157 e. The predicted octanol–water partition coefficient (Wildman–Crippen LogP) is 3.09. The van der Waals surface area contributed by atoms with Crippen LogP contribution in [-0.2, 0) is 0 Å². The fourth-order valence-corrected chi connectivity index (χ4v) is 2.54. The molecule has 1 aliphatic rings. The summed E-state index contributed by atoms with van der Waals surface area (Å²) in [5.74, 6) is 1.58. The first-order chi connectivity index (χ1) is 8.27. The zero-order valence-corrected chi connectivity index (χ0v) is 10.7. The van der Waals surface area contributed by atoms with Crippen molar-refractivity contribution in [3.63, 3.8) is 0 Å². The average Bonchev–Trinajstić information content (AvgIpc) is 2.83. The van der Waals surface area contributed by atoms with Crippen LogP contribution >= 0.6 is 11.6 Å². The summed E-state index contributed by atoms with van der Waals surface area (Å²) in [7, 11) is 0. The van der Waals surface area contributed by atoms with E-state index in [1.54, 1.807) is 0 Å². The molecule has 1 heterocycles. The number of anilines is 2. The smallest absolute Gasteiger partial charge is 0.157 e. The van der Waals surface area contributed by atoms with Gasteiger partial charge in [0.25, 0.3) is 0 Å². The van der Waals surface area contributed by atoms with Gasteiger partial charge in [0, 0.05) is 6.54 Å². The minimum Gasteiger partial charge on any atom is -0.393 e. The lowest BCUT2D eigenvalue weighted by atomic mass is 10.0. The summed E-state index contributed by atoms with van der Waals surface area (Å²) in [5.41, 5.74) is 6.21. The first-order valence-electron chi connectivity index (χ1n) is 6.27. The number of aromatic nitrogens is 2. The molecule has 0 amide bonds. The van der Waals surface area contributed by atoms with E-state index in [0.29, 0.717) is 16.7 Å². The van der Waals surface area contributed by atoms with Gasteiger partial charge in [-0.2, -0.15) is 0 Å². The molecule has 0 aliphatic heterocycles. The van der Waals surface area contributed by atoms with E-state index in [-0.39, 0.29) is 0 Å². The lowest BCUT2D eigenvalue weighted by molar-refractivity contribution is 0.491. The Hall–Kier alpha value is -1.03. The van der Waals surface area contributed by atoms with Crippen LogP contribution in [0.5, 0.6) is 0 Å². The summed E-state index contributed by atoms with van der Waals surface area (Å²) in [6.45, 7) is 0.897. The normalized spacial score (nSPS) is 16.3. The zero-order valence-electron chi connectivity index (χ0n) is 9.95. The monoisotopic (exact) mass is 254 g/mol. The van der Waals surface area contributed by atoms with Gasteiger partial charge < -0.3 is 11.1 Å². The fourth-order valence-electron chi connectivity index (χ4n) is 2.41. The second kappa shape index (κ2) is 6.05. The molecule has 17 heavy (non-hydrogen) atoms. The minimum absolute atomic E-state index is 0.318. The number of hydrogen-bond donors (Lipinski definition) is 2. The Labute approximate surface area is 107 Å². The van der Waals surface area contributed by atoms with Gasteiger partial charge in [-0.1, -0.05) is 37.3 Å². The van der Waals surface area contributed by atoms with E-state index >= 15 is 0 Å². The summed E-state index contributed by atoms with van der Waals surface area (Å²) in [5, 5.41) is 3.54. The van der Waals surface area contributed by atoms with Gasteiger partial charge in [0.15, 0.2) is 11.0 Å². The molecule has 0 atom stereocenters. The summed E-state index contributed by atoms with van der Waals surface area (Å²) < 4.78 is 0. The molecule has 0 spiro atoms. The van der Waals surface area contributed by atoms with Gasteiger partial charge in [-0.3, -0.25) is 0 Å². The molecule has 0 aromatic carbocycles. The number of nitrogen functional groups attached to an aromatic ring is 1. The quantitative estimate of drug-likeness (QED) is 0.626. The van der Waals surface area contributed by atoms with E-state index in [4.69, 9.17) is 17.3 Å². The Bertz CT molecular complexity index is 364. The molecule has 2 rings (SSSR count). The van der Waals surface area contributed by atoms with Crippen LogP contribution in [0.25, 0.3) is 0 Å². The molecule has 3 N–H and O–H groups in total. The number of hydrogen-bond acceptors (Lipinski definition) is 4. The highest BCUT2D eigenvalue weighted by Gasteiger charge is 2.14. The SMILES string of the molecule is Nc1c(Cl)ncnc1NCCCC1CCCC1. The molecule has 4 nitrogen and oxygen atoms in total. The first kappa shape index (κ1) is 12.4. The Morgan fingerprint density at radius 3 is 2.88 bits per heavy atom. The number of rotatable bonds is 5. The Balaban J connectivity index is 1.72. The van der Waals surface area contributed by atoms with E-state index in [1.807, 2.05) is 0 Å². The van der Waals surface area contributed by atoms with E-state index in [1.165, 1.54) is 38.4 Å². The Morgan fingerprint density at radius 1 is 1.35 bits per heavy atom. The van der Waals surface area contributed by atoms with Gasteiger partial charge in [0.2, 0.25) is 0 Å². The topological polar surface area (TPSA) is 63.8 Å². The summed E-state index contributed by atoms with van der Waals surface area (Å²) in [6.07, 6.45) is 9.51. The molecule has 1 aromatic heterocycles. The van der Waals surface area contributed by atoms with E-state index in [2.05, 4.69) is 15.3 Å². The van der Waals surface area contributed by atoms with Crippen molar-refractivity contribution in [1.29, 1.82) is 0 Å². The van der Waals surface area contributed by atoms with Crippen molar-refractivity contribution < 1.29 is 0 Å². The maximum atomic E-state index is 5.81. The molecular formula is C12H19ClN4. The highest BCUT2D eigenvalue weighted by Crippen LogP contribution is 2.28. The largest absolute Gasteiger partial charge is 0.393 e. The molecule has 1 saturated carbocycles. The van der Waals surface area contributed by atoms with Gasteiger partial charge in [-0.25, -0.2) is 9.97 Å².